The molecular weight excluding hydrogens is 328 g/mol. The number of pyridine rings is 1. The summed E-state index contributed by atoms with van der Waals surface area (Å²) in [6.45, 7) is 0.497. The monoisotopic (exact) mass is 344 g/mol. The molecule has 0 fully saturated rings. The fraction of sp³-hybridized carbons (Fsp3) is 0.235. The standard InChI is InChI=1S/C17H17ClN4O2/c18-14-8-21-7-13(16(19)23)15(14)12-4-2-1-3-10(12)5-6-11-9-24-17(20)22-11/h1-4,7-8,11H,5-6,9H2,(H2,19,23)(H2,20,22). The van der Waals surface area contributed by atoms with Gasteiger partial charge in [0.2, 0.25) is 0 Å². The van der Waals surface area contributed by atoms with Crippen LogP contribution in [0.2, 0.25) is 5.02 Å². The highest BCUT2D eigenvalue weighted by molar-refractivity contribution is 6.34. The Morgan fingerprint density at radius 2 is 2.12 bits per heavy atom. The van der Waals surface area contributed by atoms with Crippen LogP contribution in [0.4, 0.5) is 0 Å². The number of benzene rings is 1. The lowest BCUT2D eigenvalue weighted by Crippen LogP contribution is -2.14. The van der Waals surface area contributed by atoms with Gasteiger partial charge in [0, 0.05) is 18.0 Å². The van der Waals surface area contributed by atoms with E-state index >= 15 is 0 Å². The lowest BCUT2D eigenvalue weighted by atomic mass is 9.93. The van der Waals surface area contributed by atoms with Crippen LogP contribution < -0.4 is 11.5 Å². The molecular formula is C17H17ClN4O2. The summed E-state index contributed by atoms with van der Waals surface area (Å²) < 4.78 is 5.18. The van der Waals surface area contributed by atoms with Gasteiger partial charge >= 0.3 is 0 Å². The summed E-state index contributed by atoms with van der Waals surface area (Å²) in [5.41, 5.74) is 13.9. The Hall–Kier alpha value is -2.60. The number of aryl methyl sites for hydroxylation is 1. The minimum Gasteiger partial charge on any atom is -0.463 e. The molecule has 4 N–H and O–H groups in total. The predicted molar refractivity (Wildman–Crippen MR) is 92.9 cm³/mol. The SMILES string of the molecule is NC(=O)c1cncc(Cl)c1-c1ccccc1CCC1COC(N)=N1. The third-order valence-electron chi connectivity index (χ3n) is 3.93. The van der Waals surface area contributed by atoms with Crippen LogP contribution in [0.5, 0.6) is 0 Å². The molecule has 6 nitrogen and oxygen atoms in total. The second-order valence-electron chi connectivity index (χ2n) is 5.54. The first-order valence-electron chi connectivity index (χ1n) is 7.54. The summed E-state index contributed by atoms with van der Waals surface area (Å²) in [6, 6.07) is 8.05. The van der Waals surface area contributed by atoms with Crippen LogP contribution in [0.25, 0.3) is 11.1 Å². The molecule has 1 aromatic heterocycles. The lowest BCUT2D eigenvalue weighted by molar-refractivity contribution is 0.100. The molecule has 1 aromatic carbocycles. The van der Waals surface area contributed by atoms with Crippen molar-refractivity contribution in [1.29, 1.82) is 0 Å². The number of nitrogens with two attached hydrogens (primary N) is 2. The average molecular weight is 345 g/mol. The number of aliphatic imine (C=N–C) groups is 1. The summed E-state index contributed by atoms with van der Waals surface area (Å²) in [4.78, 5) is 19.9. The molecule has 2 heterocycles. The second kappa shape index (κ2) is 6.88. The minimum absolute atomic E-state index is 0.0431. The van der Waals surface area contributed by atoms with Gasteiger partial charge in [-0.05, 0) is 24.0 Å². The first-order chi connectivity index (χ1) is 11.6. The van der Waals surface area contributed by atoms with Gasteiger partial charge in [-0.1, -0.05) is 35.9 Å². The summed E-state index contributed by atoms with van der Waals surface area (Å²) in [6.07, 6.45) is 4.48. The maximum atomic E-state index is 11.7. The van der Waals surface area contributed by atoms with Crippen LogP contribution in [-0.2, 0) is 11.2 Å². The molecule has 1 atom stereocenters. The molecule has 3 rings (SSSR count). The molecule has 1 unspecified atom stereocenters. The van der Waals surface area contributed by atoms with Crippen LogP contribution in [-0.4, -0.2) is 29.6 Å². The Labute approximate surface area is 144 Å². The number of carbonyl (C=O) groups is 1. The maximum absolute atomic E-state index is 11.7. The summed E-state index contributed by atoms with van der Waals surface area (Å²) in [7, 11) is 0. The van der Waals surface area contributed by atoms with E-state index in [4.69, 9.17) is 27.8 Å². The minimum atomic E-state index is -0.559. The van der Waals surface area contributed by atoms with E-state index in [1.54, 1.807) is 0 Å². The number of primary amides is 1. The number of rotatable bonds is 5. The number of halogens is 1. The molecule has 1 aliphatic heterocycles. The van der Waals surface area contributed by atoms with Crippen LogP contribution in [0.1, 0.15) is 22.3 Å². The van der Waals surface area contributed by atoms with Gasteiger partial charge in [0.15, 0.2) is 0 Å². The van der Waals surface area contributed by atoms with Gasteiger partial charge in [-0.3, -0.25) is 9.78 Å². The first kappa shape index (κ1) is 16.3. The fourth-order valence-corrected chi connectivity index (χ4v) is 3.04. The van der Waals surface area contributed by atoms with Crippen molar-refractivity contribution in [2.24, 2.45) is 16.5 Å². The van der Waals surface area contributed by atoms with Crippen molar-refractivity contribution < 1.29 is 9.53 Å². The van der Waals surface area contributed by atoms with Crippen LogP contribution in [0.3, 0.4) is 0 Å². The third kappa shape index (κ3) is 3.33. The molecule has 1 amide bonds. The van der Waals surface area contributed by atoms with Crippen molar-refractivity contribution in [3.63, 3.8) is 0 Å². The fourth-order valence-electron chi connectivity index (χ4n) is 2.78. The number of amidine groups is 1. The highest BCUT2D eigenvalue weighted by Crippen LogP contribution is 2.33. The topological polar surface area (TPSA) is 104 Å². The Bertz CT molecular complexity index is 807. The number of nitrogens with zero attached hydrogens (tertiary/aromatic N) is 2. The van der Waals surface area contributed by atoms with E-state index in [9.17, 15) is 4.79 Å². The van der Waals surface area contributed by atoms with Crippen molar-refractivity contribution in [2.75, 3.05) is 6.61 Å². The average Bonchev–Trinajstić information content (AvgIpc) is 2.98. The maximum Gasteiger partial charge on any atom is 0.282 e. The quantitative estimate of drug-likeness (QED) is 0.867. The highest BCUT2D eigenvalue weighted by atomic mass is 35.5. The van der Waals surface area contributed by atoms with Crippen molar-refractivity contribution in [3.8, 4) is 11.1 Å². The van der Waals surface area contributed by atoms with Gasteiger partial charge in [-0.2, -0.15) is 0 Å². The zero-order valence-electron chi connectivity index (χ0n) is 12.9. The number of aromatic nitrogens is 1. The molecule has 1 aliphatic rings. The van der Waals surface area contributed by atoms with Crippen LogP contribution in [0.15, 0.2) is 41.7 Å². The van der Waals surface area contributed by atoms with Gasteiger partial charge in [0.1, 0.15) is 6.61 Å². The number of hydrogen-bond donors (Lipinski definition) is 2. The van der Waals surface area contributed by atoms with Crippen molar-refractivity contribution in [3.05, 3.63) is 52.8 Å². The van der Waals surface area contributed by atoms with E-state index in [0.717, 1.165) is 24.0 Å². The Balaban J connectivity index is 1.94. The normalized spacial score (nSPS) is 16.5. The Morgan fingerprint density at radius 1 is 1.33 bits per heavy atom. The third-order valence-corrected chi connectivity index (χ3v) is 4.22. The van der Waals surface area contributed by atoms with Gasteiger partial charge < -0.3 is 16.2 Å². The molecule has 0 aliphatic carbocycles. The zero-order valence-corrected chi connectivity index (χ0v) is 13.7. The number of amides is 1. The van der Waals surface area contributed by atoms with E-state index in [2.05, 4.69) is 9.98 Å². The van der Waals surface area contributed by atoms with Gasteiger partial charge in [-0.15, -0.1) is 0 Å². The lowest BCUT2D eigenvalue weighted by Gasteiger charge is -2.14. The molecule has 0 saturated carbocycles. The van der Waals surface area contributed by atoms with Crippen molar-refractivity contribution in [2.45, 2.75) is 18.9 Å². The highest BCUT2D eigenvalue weighted by Gasteiger charge is 2.20. The Kier molecular flexibility index (Phi) is 4.66. The van der Waals surface area contributed by atoms with E-state index in [0.29, 0.717) is 22.8 Å². The van der Waals surface area contributed by atoms with Crippen LogP contribution in [0, 0.1) is 0 Å². The van der Waals surface area contributed by atoms with Crippen molar-refractivity contribution >= 4 is 23.5 Å². The summed E-state index contributed by atoms with van der Waals surface area (Å²) >= 11 is 6.30. The molecule has 0 saturated heterocycles. The largest absolute Gasteiger partial charge is 0.463 e. The van der Waals surface area contributed by atoms with E-state index < -0.39 is 5.91 Å². The van der Waals surface area contributed by atoms with Crippen molar-refractivity contribution in [1.82, 2.24) is 4.98 Å². The zero-order chi connectivity index (χ0) is 17.1. The number of ether oxygens (including phenoxy) is 1. The summed E-state index contributed by atoms with van der Waals surface area (Å²) in [5.74, 6) is -0.559. The molecule has 7 heteroatoms. The smallest absolute Gasteiger partial charge is 0.282 e. The van der Waals surface area contributed by atoms with Gasteiger partial charge in [0.25, 0.3) is 11.9 Å². The summed E-state index contributed by atoms with van der Waals surface area (Å²) in [5, 5.41) is 0.394. The van der Waals surface area contributed by atoms with Gasteiger partial charge in [-0.25, -0.2) is 4.99 Å². The molecule has 0 bridgehead atoms. The molecule has 0 spiro atoms. The van der Waals surface area contributed by atoms with E-state index in [1.165, 1.54) is 12.4 Å². The molecule has 0 radical (unpaired) electrons. The predicted octanol–water partition coefficient (Wildman–Crippen LogP) is 2.15. The molecule has 24 heavy (non-hydrogen) atoms. The van der Waals surface area contributed by atoms with Gasteiger partial charge in [0.05, 0.1) is 16.6 Å². The second-order valence-corrected chi connectivity index (χ2v) is 5.94. The van der Waals surface area contributed by atoms with E-state index in [1.807, 2.05) is 24.3 Å². The Morgan fingerprint density at radius 3 is 2.83 bits per heavy atom. The first-order valence-corrected chi connectivity index (χ1v) is 7.91. The van der Waals surface area contributed by atoms with Crippen LogP contribution >= 0.6 is 11.6 Å². The molecule has 2 aromatic rings. The number of carbonyl (C=O) groups excluding carboxylic acids is 1. The molecule has 124 valence electrons. The van der Waals surface area contributed by atoms with E-state index in [-0.39, 0.29) is 12.1 Å². The number of hydrogen-bond acceptors (Lipinski definition) is 5.